The van der Waals surface area contributed by atoms with E-state index in [9.17, 15) is 13.2 Å². The second-order valence-corrected chi connectivity index (χ2v) is 11.2. The Morgan fingerprint density at radius 1 is 1.07 bits per heavy atom. The van der Waals surface area contributed by atoms with Crippen molar-refractivity contribution in [3.63, 3.8) is 0 Å². The van der Waals surface area contributed by atoms with Crippen molar-refractivity contribution in [1.82, 2.24) is 35.0 Å². The lowest BCUT2D eigenvalue weighted by Crippen LogP contribution is -2.24. The number of hydrogen-bond donors (Lipinski definition) is 2. The lowest BCUT2D eigenvalue weighted by molar-refractivity contribution is 0.0115. The lowest BCUT2D eigenvalue weighted by Gasteiger charge is -2.16. The Balaban J connectivity index is 1.29. The molecule has 0 radical (unpaired) electrons. The van der Waals surface area contributed by atoms with Crippen LogP contribution in [0.25, 0.3) is 55.2 Å². The highest BCUT2D eigenvalue weighted by Crippen LogP contribution is 2.36. The minimum atomic E-state index is -2.63. The van der Waals surface area contributed by atoms with Crippen LogP contribution in [0, 0.1) is 5.13 Å². The molecule has 0 spiro atoms. The molecular weight excluding hydrogens is 535 g/mol. The maximum absolute atomic E-state index is 13.7. The fraction of sp³-hybridized carbons (Fsp3) is 0.241. The molecule has 5 aromatic heterocycles. The van der Waals surface area contributed by atoms with Crippen molar-refractivity contribution in [2.45, 2.75) is 32.2 Å². The zero-order valence-electron chi connectivity index (χ0n) is 21.5. The number of aryl methyl sites for hydroxylation is 1. The van der Waals surface area contributed by atoms with Gasteiger partial charge >= 0.3 is 0 Å². The van der Waals surface area contributed by atoms with Crippen LogP contribution in [0.2, 0.25) is 0 Å². The topological polar surface area (TPSA) is 86.4 Å². The number of hydrogen-bond acceptors (Lipinski definition) is 6. The molecule has 1 fully saturated rings. The van der Waals surface area contributed by atoms with Crippen molar-refractivity contribution in [1.29, 1.82) is 0 Å². The Morgan fingerprint density at radius 2 is 1.98 bits per heavy atom. The third-order valence-electron chi connectivity index (χ3n) is 7.35. The molecular formula is C29H24F3N7S. The predicted octanol–water partition coefficient (Wildman–Crippen LogP) is 6.83. The fourth-order valence-corrected chi connectivity index (χ4v) is 6.14. The second-order valence-electron chi connectivity index (χ2n) is 10.1. The van der Waals surface area contributed by atoms with Crippen LogP contribution in [-0.2, 0) is 13.0 Å². The summed E-state index contributed by atoms with van der Waals surface area (Å²) in [4.78, 5) is 19.6. The standard InChI is InChI=1S/C29H24F3N7S/c1-2-17-10-18(19-9-16(12-33-13-19)14-39-8-6-29(31,32)15-39)11-20-24(17)37-38-25(20)28-35-21-5-7-34-27(26(21)36-28)22-3-4-23(30)40-22/h3-5,7,9-13H,2,6,8,14-15H2,1H3,(H,35,36)(H,37,38). The quantitative estimate of drug-likeness (QED) is 0.234. The summed E-state index contributed by atoms with van der Waals surface area (Å²) in [6, 6.07) is 11.1. The third-order valence-corrected chi connectivity index (χ3v) is 8.23. The molecule has 40 heavy (non-hydrogen) atoms. The Morgan fingerprint density at radius 3 is 2.75 bits per heavy atom. The van der Waals surface area contributed by atoms with E-state index in [1.54, 1.807) is 29.6 Å². The van der Waals surface area contributed by atoms with Gasteiger partial charge < -0.3 is 4.98 Å². The van der Waals surface area contributed by atoms with Gasteiger partial charge in [0.05, 0.1) is 22.5 Å². The molecule has 1 aliphatic rings. The third kappa shape index (κ3) is 4.44. The van der Waals surface area contributed by atoms with E-state index in [4.69, 9.17) is 4.98 Å². The zero-order chi connectivity index (χ0) is 27.4. The first-order valence-corrected chi connectivity index (χ1v) is 13.8. The van der Waals surface area contributed by atoms with E-state index in [0.29, 0.717) is 35.0 Å². The first-order chi connectivity index (χ1) is 19.4. The maximum atomic E-state index is 13.7. The molecule has 0 aliphatic carbocycles. The van der Waals surface area contributed by atoms with E-state index in [-0.39, 0.29) is 18.1 Å². The molecule has 0 saturated carbocycles. The number of H-pyrrole nitrogens is 2. The monoisotopic (exact) mass is 559 g/mol. The van der Waals surface area contributed by atoms with Crippen molar-refractivity contribution in [2.24, 2.45) is 0 Å². The summed E-state index contributed by atoms with van der Waals surface area (Å²) in [5.41, 5.74) is 7.45. The molecule has 202 valence electrons. The number of fused-ring (bicyclic) bond motifs is 2. The highest BCUT2D eigenvalue weighted by molar-refractivity contribution is 7.13. The van der Waals surface area contributed by atoms with Gasteiger partial charge in [-0.2, -0.15) is 9.49 Å². The number of nitrogens with one attached hydrogen (secondary N) is 2. The molecule has 6 heterocycles. The SMILES string of the molecule is CCc1cc(-c2cncc(CN3CCC(F)(F)C3)c2)cc2c(-c3nc4c(-c5ccc(F)s5)nccc4[nH]3)[nH]nc12. The first kappa shape index (κ1) is 24.9. The Hall–Kier alpha value is -4.09. The number of benzene rings is 1. The maximum Gasteiger partial charge on any atom is 0.261 e. The van der Waals surface area contributed by atoms with E-state index >= 15 is 0 Å². The van der Waals surface area contributed by atoms with Crippen LogP contribution in [0.1, 0.15) is 24.5 Å². The molecule has 0 atom stereocenters. The van der Waals surface area contributed by atoms with E-state index < -0.39 is 5.92 Å². The molecule has 7 nitrogen and oxygen atoms in total. The average Bonchev–Trinajstić information content (AvgIpc) is 3.73. The highest BCUT2D eigenvalue weighted by Gasteiger charge is 2.37. The molecule has 7 rings (SSSR count). The smallest absolute Gasteiger partial charge is 0.261 e. The number of imidazole rings is 1. The van der Waals surface area contributed by atoms with Gasteiger partial charge in [-0.05, 0) is 59.5 Å². The van der Waals surface area contributed by atoms with Gasteiger partial charge in [-0.25, -0.2) is 13.8 Å². The Labute approximate surface area is 231 Å². The largest absolute Gasteiger partial charge is 0.337 e. The molecule has 11 heteroatoms. The average molecular weight is 560 g/mol. The van der Waals surface area contributed by atoms with Crippen molar-refractivity contribution in [3.8, 4) is 33.2 Å². The molecule has 0 amide bonds. The van der Waals surface area contributed by atoms with Crippen molar-refractivity contribution >= 4 is 33.3 Å². The highest BCUT2D eigenvalue weighted by atomic mass is 32.1. The number of rotatable bonds is 6. The number of nitrogens with zero attached hydrogens (tertiary/aromatic N) is 5. The summed E-state index contributed by atoms with van der Waals surface area (Å²) < 4.78 is 41.1. The van der Waals surface area contributed by atoms with Crippen molar-refractivity contribution in [3.05, 3.63) is 71.2 Å². The van der Waals surface area contributed by atoms with Crippen LogP contribution in [0.3, 0.4) is 0 Å². The number of likely N-dealkylation sites (tertiary alicyclic amines) is 1. The minimum Gasteiger partial charge on any atom is -0.337 e. The van der Waals surface area contributed by atoms with Gasteiger partial charge in [0.2, 0.25) is 0 Å². The molecule has 1 saturated heterocycles. The van der Waals surface area contributed by atoms with Gasteiger partial charge in [-0.1, -0.05) is 6.92 Å². The van der Waals surface area contributed by atoms with Crippen LogP contribution < -0.4 is 0 Å². The van der Waals surface area contributed by atoms with E-state index in [0.717, 1.165) is 62.1 Å². The van der Waals surface area contributed by atoms with Crippen LogP contribution in [-0.4, -0.2) is 54.0 Å². The van der Waals surface area contributed by atoms with Gasteiger partial charge in [0.25, 0.3) is 5.92 Å². The van der Waals surface area contributed by atoms with Gasteiger partial charge in [0, 0.05) is 49.1 Å². The van der Waals surface area contributed by atoms with Gasteiger partial charge in [-0.3, -0.25) is 20.0 Å². The Kier molecular flexibility index (Phi) is 5.93. The molecule has 0 unspecified atom stereocenters. The summed E-state index contributed by atoms with van der Waals surface area (Å²) >= 11 is 1.03. The molecule has 1 aliphatic heterocycles. The number of thiophene rings is 1. The van der Waals surface area contributed by atoms with E-state index in [1.165, 1.54) is 6.07 Å². The normalized spacial score (nSPS) is 15.5. The number of aromatic amines is 2. The minimum absolute atomic E-state index is 0.108. The van der Waals surface area contributed by atoms with Gasteiger partial charge in [0.1, 0.15) is 16.9 Å². The molecule has 2 N–H and O–H groups in total. The van der Waals surface area contributed by atoms with Crippen molar-refractivity contribution < 1.29 is 13.2 Å². The number of halogens is 3. The van der Waals surface area contributed by atoms with E-state index in [1.807, 2.05) is 12.1 Å². The van der Waals surface area contributed by atoms with Crippen LogP contribution in [0.5, 0.6) is 0 Å². The Bertz CT molecular complexity index is 1870. The van der Waals surface area contributed by atoms with Crippen LogP contribution in [0.15, 0.2) is 55.0 Å². The number of alkyl halides is 2. The summed E-state index contributed by atoms with van der Waals surface area (Å²) in [7, 11) is 0. The lowest BCUT2D eigenvalue weighted by atomic mass is 9.98. The van der Waals surface area contributed by atoms with Gasteiger partial charge in [-0.15, -0.1) is 11.3 Å². The number of aromatic nitrogens is 6. The molecule has 0 bridgehead atoms. The number of pyridine rings is 2. The van der Waals surface area contributed by atoms with Crippen LogP contribution in [0.4, 0.5) is 13.2 Å². The zero-order valence-corrected chi connectivity index (χ0v) is 22.3. The summed E-state index contributed by atoms with van der Waals surface area (Å²) in [6.45, 7) is 2.66. The first-order valence-electron chi connectivity index (χ1n) is 13.0. The summed E-state index contributed by atoms with van der Waals surface area (Å²) in [5, 5.41) is 8.39. The van der Waals surface area contributed by atoms with Gasteiger partial charge in [0.15, 0.2) is 11.0 Å². The fourth-order valence-electron chi connectivity index (χ4n) is 5.41. The summed E-state index contributed by atoms with van der Waals surface area (Å²) in [5.74, 6) is -2.03. The second kappa shape index (κ2) is 9.53. The molecule has 6 aromatic rings. The molecule has 1 aromatic carbocycles. The van der Waals surface area contributed by atoms with Crippen LogP contribution >= 0.6 is 11.3 Å². The van der Waals surface area contributed by atoms with E-state index in [2.05, 4.69) is 44.2 Å². The van der Waals surface area contributed by atoms with Crippen molar-refractivity contribution in [2.75, 3.05) is 13.1 Å². The summed E-state index contributed by atoms with van der Waals surface area (Å²) in [6.07, 6.45) is 5.87. The predicted molar refractivity (Wildman–Crippen MR) is 150 cm³/mol.